The van der Waals surface area contributed by atoms with Crippen LogP contribution in [-0.2, 0) is 14.3 Å². The molecule has 2 fully saturated rings. The Kier molecular flexibility index (Phi) is 3.11. The summed E-state index contributed by atoms with van der Waals surface area (Å²) in [6, 6.07) is 0. The molecule has 3 rings (SSSR count). The Labute approximate surface area is 120 Å². The first-order valence-corrected chi connectivity index (χ1v) is 7.52. The lowest BCUT2D eigenvalue weighted by molar-refractivity contribution is -0.140. The minimum Gasteiger partial charge on any atom is -0.458 e. The van der Waals surface area contributed by atoms with Gasteiger partial charge in [-0.05, 0) is 50.0 Å². The third-order valence-corrected chi connectivity index (χ3v) is 5.45. The van der Waals surface area contributed by atoms with Gasteiger partial charge in [-0.15, -0.1) is 0 Å². The summed E-state index contributed by atoms with van der Waals surface area (Å²) in [5, 5.41) is 0. The Morgan fingerprint density at radius 3 is 2.95 bits per heavy atom. The minimum absolute atomic E-state index is 0.00805. The zero-order chi connectivity index (χ0) is 14.5. The number of carbonyl (C=O) groups excluding carboxylic acids is 2. The highest BCUT2D eigenvalue weighted by molar-refractivity contribution is 5.93. The fourth-order valence-corrected chi connectivity index (χ4v) is 3.88. The minimum atomic E-state index is -0.234. The van der Waals surface area contributed by atoms with Crippen molar-refractivity contribution in [3.05, 3.63) is 23.8 Å². The highest BCUT2D eigenvalue weighted by atomic mass is 16.6. The van der Waals surface area contributed by atoms with Crippen molar-refractivity contribution in [2.45, 2.75) is 52.1 Å². The molecule has 0 radical (unpaired) electrons. The normalized spacial score (nSPS) is 42.9. The van der Waals surface area contributed by atoms with E-state index in [2.05, 4.69) is 19.6 Å². The van der Waals surface area contributed by atoms with Crippen LogP contribution in [0.3, 0.4) is 0 Å². The van der Waals surface area contributed by atoms with E-state index < -0.39 is 0 Å². The fourth-order valence-electron chi connectivity index (χ4n) is 3.88. The Morgan fingerprint density at radius 1 is 1.50 bits per heavy atom. The van der Waals surface area contributed by atoms with Gasteiger partial charge < -0.3 is 4.74 Å². The topological polar surface area (TPSA) is 43.4 Å². The van der Waals surface area contributed by atoms with Gasteiger partial charge in [0.15, 0.2) is 5.78 Å². The van der Waals surface area contributed by atoms with E-state index in [4.69, 9.17) is 4.74 Å². The van der Waals surface area contributed by atoms with Gasteiger partial charge in [-0.3, -0.25) is 4.79 Å². The molecule has 3 heteroatoms. The van der Waals surface area contributed by atoms with Crippen molar-refractivity contribution in [1.29, 1.82) is 0 Å². The monoisotopic (exact) mass is 274 g/mol. The molecule has 2 unspecified atom stereocenters. The maximum atomic E-state index is 11.8. The van der Waals surface area contributed by atoms with Crippen LogP contribution in [0.5, 0.6) is 0 Å². The maximum Gasteiger partial charge on any atom is 0.334 e. The molecular weight excluding hydrogens is 252 g/mol. The van der Waals surface area contributed by atoms with Crippen LogP contribution in [0.2, 0.25) is 0 Å². The number of rotatable bonds is 1. The van der Waals surface area contributed by atoms with Gasteiger partial charge in [0, 0.05) is 17.4 Å². The molecule has 0 bridgehead atoms. The smallest absolute Gasteiger partial charge is 0.334 e. The van der Waals surface area contributed by atoms with E-state index in [9.17, 15) is 9.59 Å². The molecule has 1 aliphatic heterocycles. The zero-order valence-corrected chi connectivity index (χ0v) is 12.3. The summed E-state index contributed by atoms with van der Waals surface area (Å²) in [5.74, 6) is 0.482. The second kappa shape index (κ2) is 4.57. The lowest BCUT2D eigenvalue weighted by Crippen LogP contribution is -2.23. The standard InChI is InChI=1S/C17H22O3/c1-10-13-7-6-12(11(2)18)5-4-8-17(3)9-14(17)15(13)20-16(10)19/h5,13-15H,1,4,6-9H2,2-3H3/b12-5+/t13-,14?,15-,17?/m0/s1. The second-order valence-corrected chi connectivity index (χ2v) is 6.83. The lowest BCUT2D eigenvalue weighted by Gasteiger charge is -2.22. The number of fused-ring (bicyclic) bond motifs is 3. The molecule has 2 aliphatic carbocycles. The van der Waals surface area contributed by atoms with Gasteiger partial charge in [0.25, 0.3) is 0 Å². The van der Waals surface area contributed by atoms with E-state index in [-0.39, 0.29) is 29.2 Å². The zero-order valence-electron chi connectivity index (χ0n) is 12.3. The molecule has 108 valence electrons. The van der Waals surface area contributed by atoms with Crippen LogP contribution in [0.15, 0.2) is 23.8 Å². The van der Waals surface area contributed by atoms with Crippen molar-refractivity contribution in [3.63, 3.8) is 0 Å². The first-order valence-electron chi connectivity index (χ1n) is 7.52. The number of ether oxygens (including phenoxy) is 1. The highest BCUT2D eigenvalue weighted by Crippen LogP contribution is 2.61. The van der Waals surface area contributed by atoms with E-state index in [0.29, 0.717) is 11.5 Å². The first-order chi connectivity index (χ1) is 9.42. The molecule has 3 aliphatic rings. The van der Waals surface area contributed by atoms with E-state index in [1.807, 2.05) is 0 Å². The molecule has 0 spiro atoms. The molecule has 0 amide bonds. The van der Waals surface area contributed by atoms with E-state index >= 15 is 0 Å². The van der Waals surface area contributed by atoms with E-state index in [1.54, 1.807) is 6.92 Å². The van der Waals surface area contributed by atoms with Crippen LogP contribution in [0.4, 0.5) is 0 Å². The molecule has 0 aromatic rings. The Bertz CT molecular complexity index is 516. The van der Waals surface area contributed by atoms with Crippen molar-refractivity contribution >= 4 is 11.8 Å². The van der Waals surface area contributed by atoms with Gasteiger partial charge >= 0.3 is 5.97 Å². The highest BCUT2D eigenvalue weighted by Gasteiger charge is 2.59. The summed E-state index contributed by atoms with van der Waals surface area (Å²) in [7, 11) is 0. The molecular formula is C17H22O3. The van der Waals surface area contributed by atoms with Gasteiger partial charge in [0.05, 0.1) is 0 Å². The number of esters is 1. The van der Waals surface area contributed by atoms with Gasteiger partial charge in [0.2, 0.25) is 0 Å². The van der Waals surface area contributed by atoms with Crippen molar-refractivity contribution in [3.8, 4) is 0 Å². The summed E-state index contributed by atoms with van der Waals surface area (Å²) in [6.45, 7) is 7.81. The third-order valence-electron chi connectivity index (χ3n) is 5.45. The number of ketones is 1. The first kappa shape index (κ1) is 13.6. The molecule has 0 aromatic heterocycles. The maximum absolute atomic E-state index is 11.8. The molecule has 1 saturated carbocycles. The van der Waals surface area contributed by atoms with Crippen LogP contribution >= 0.6 is 0 Å². The quantitative estimate of drug-likeness (QED) is 0.545. The summed E-state index contributed by atoms with van der Waals surface area (Å²) < 4.78 is 5.58. The van der Waals surface area contributed by atoms with Gasteiger partial charge in [-0.25, -0.2) is 4.79 Å². The summed E-state index contributed by atoms with van der Waals surface area (Å²) in [4.78, 5) is 23.5. The van der Waals surface area contributed by atoms with E-state index in [1.165, 1.54) is 0 Å². The van der Waals surface area contributed by atoms with E-state index in [0.717, 1.165) is 37.7 Å². The number of hydrogen-bond acceptors (Lipinski definition) is 3. The predicted molar refractivity (Wildman–Crippen MR) is 76.0 cm³/mol. The average Bonchev–Trinajstić information content (AvgIpc) is 2.97. The fraction of sp³-hybridized carbons (Fsp3) is 0.647. The predicted octanol–water partition coefficient (Wildman–Crippen LogP) is 3.20. The summed E-state index contributed by atoms with van der Waals surface area (Å²) in [5.41, 5.74) is 1.77. The molecule has 3 nitrogen and oxygen atoms in total. The molecule has 0 N–H and O–H groups in total. The molecule has 20 heavy (non-hydrogen) atoms. The number of Topliss-reactive ketones (excluding diaryl/α,β-unsaturated/α-hetero) is 1. The van der Waals surface area contributed by atoms with Crippen molar-refractivity contribution in [2.24, 2.45) is 17.3 Å². The SMILES string of the molecule is C=C1C(=O)O[C@@H]2C3CC3(C)CC/C=C(/C(C)=O)CC[C@@H]12. The van der Waals surface area contributed by atoms with Crippen molar-refractivity contribution in [2.75, 3.05) is 0 Å². The summed E-state index contributed by atoms with van der Waals surface area (Å²) >= 11 is 0. The van der Waals surface area contributed by atoms with Crippen LogP contribution in [-0.4, -0.2) is 17.9 Å². The molecule has 0 aromatic carbocycles. The van der Waals surface area contributed by atoms with Gasteiger partial charge in [0.1, 0.15) is 6.10 Å². The second-order valence-electron chi connectivity index (χ2n) is 6.83. The molecule has 1 saturated heterocycles. The van der Waals surface area contributed by atoms with Gasteiger partial charge in [-0.1, -0.05) is 19.6 Å². The lowest BCUT2D eigenvalue weighted by atomic mass is 9.83. The molecule has 1 heterocycles. The van der Waals surface area contributed by atoms with Crippen LogP contribution < -0.4 is 0 Å². The Morgan fingerprint density at radius 2 is 2.25 bits per heavy atom. The van der Waals surface area contributed by atoms with Crippen molar-refractivity contribution in [1.82, 2.24) is 0 Å². The Balaban J connectivity index is 1.88. The molecule has 4 atom stereocenters. The largest absolute Gasteiger partial charge is 0.458 e. The van der Waals surface area contributed by atoms with Crippen molar-refractivity contribution < 1.29 is 14.3 Å². The number of carbonyl (C=O) groups is 2. The number of allylic oxidation sites excluding steroid dienone is 2. The Hall–Kier alpha value is -1.38. The van der Waals surface area contributed by atoms with Gasteiger partial charge in [-0.2, -0.15) is 0 Å². The average molecular weight is 274 g/mol. The third kappa shape index (κ3) is 2.13. The van der Waals surface area contributed by atoms with Crippen LogP contribution in [0, 0.1) is 17.3 Å². The van der Waals surface area contributed by atoms with Crippen LogP contribution in [0.25, 0.3) is 0 Å². The van der Waals surface area contributed by atoms with Crippen LogP contribution in [0.1, 0.15) is 46.0 Å². The summed E-state index contributed by atoms with van der Waals surface area (Å²) in [6.07, 6.45) is 6.77. The number of hydrogen-bond donors (Lipinski definition) is 0.